The normalized spacial score (nSPS) is 17.3. The second-order valence-corrected chi connectivity index (χ2v) is 5.13. The molecule has 0 spiro atoms. The molecular formula is C12H18F3N5. The third-order valence-corrected chi connectivity index (χ3v) is 3.40. The third-order valence-electron chi connectivity index (χ3n) is 3.40. The Morgan fingerprint density at radius 3 is 2.65 bits per heavy atom. The van der Waals surface area contributed by atoms with Gasteiger partial charge in [-0.05, 0) is 26.8 Å². The molecule has 1 fully saturated rings. The lowest BCUT2D eigenvalue weighted by molar-refractivity contribution is -0.144. The predicted octanol–water partition coefficient (Wildman–Crippen LogP) is 1.97. The van der Waals surface area contributed by atoms with Crippen molar-refractivity contribution < 1.29 is 13.2 Å². The van der Waals surface area contributed by atoms with Gasteiger partial charge in [0.2, 0.25) is 5.82 Å². The summed E-state index contributed by atoms with van der Waals surface area (Å²) in [6.45, 7) is 2.52. The molecule has 1 aliphatic rings. The van der Waals surface area contributed by atoms with Crippen molar-refractivity contribution in [1.29, 1.82) is 0 Å². The molecule has 1 unspecified atom stereocenters. The summed E-state index contributed by atoms with van der Waals surface area (Å²) in [5.74, 6) is -1.32. The number of nitrogens with one attached hydrogen (secondary N) is 1. The van der Waals surface area contributed by atoms with Gasteiger partial charge in [0, 0.05) is 24.7 Å². The van der Waals surface area contributed by atoms with Gasteiger partial charge in [-0.3, -0.25) is 4.90 Å². The summed E-state index contributed by atoms with van der Waals surface area (Å²) in [5.41, 5.74) is 5.38. The van der Waals surface area contributed by atoms with Crippen molar-refractivity contribution in [2.24, 2.45) is 0 Å². The zero-order valence-corrected chi connectivity index (χ0v) is 11.4. The van der Waals surface area contributed by atoms with Crippen LogP contribution in [0.5, 0.6) is 0 Å². The summed E-state index contributed by atoms with van der Waals surface area (Å²) in [5, 5.41) is 2.89. The van der Waals surface area contributed by atoms with Crippen molar-refractivity contribution >= 4 is 11.6 Å². The number of hydrogen-bond acceptors (Lipinski definition) is 5. The number of aromatic nitrogens is 2. The van der Waals surface area contributed by atoms with Crippen LogP contribution in [-0.4, -0.2) is 40.5 Å². The molecule has 1 saturated carbocycles. The SMILES string of the molecule is CC(CNc1cc(N)nc(C(F)(F)F)n1)N(C)C1CC1. The molecule has 112 valence electrons. The first-order chi connectivity index (χ1) is 9.27. The minimum absolute atomic E-state index is 0.0980. The zero-order valence-electron chi connectivity index (χ0n) is 11.4. The molecule has 1 aliphatic carbocycles. The number of likely N-dealkylation sites (N-methyl/N-ethyl adjacent to an activating group) is 1. The number of nitrogens with two attached hydrogens (primary N) is 1. The van der Waals surface area contributed by atoms with Crippen molar-refractivity contribution in [2.45, 2.75) is 38.0 Å². The quantitative estimate of drug-likeness (QED) is 0.867. The lowest BCUT2D eigenvalue weighted by Gasteiger charge is -2.24. The van der Waals surface area contributed by atoms with Crippen LogP contribution in [0.25, 0.3) is 0 Å². The van der Waals surface area contributed by atoms with Gasteiger partial charge in [0.1, 0.15) is 11.6 Å². The minimum atomic E-state index is -4.60. The number of nitrogen functional groups attached to an aromatic ring is 1. The van der Waals surface area contributed by atoms with Crippen molar-refractivity contribution in [3.8, 4) is 0 Å². The zero-order chi connectivity index (χ0) is 14.9. The van der Waals surface area contributed by atoms with E-state index in [-0.39, 0.29) is 17.7 Å². The first-order valence-corrected chi connectivity index (χ1v) is 6.45. The molecule has 0 radical (unpaired) electrons. The fraction of sp³-hybridized carbons (Fsp3) is 0.667. The topological polar surface area (TPSA) is 67.1 Å². The van der Waals surface area contributed by atoms with Crippen LogP contribution in [-0.2, 0) is 6.18 Å². The van der Waals surface area contributed by atoms with E-state index >= 15 is 0 Å². The van der Waals surface area contributed by atoms with E-state index in [4.69, 9.17) is 5.73 Å². The summed E-state index contributed by atoms with van der Waals surface area (Å²) >= 11 is 0. The summed E-state index contributed by atoms with van der Waals surface area (Å²) in [6, 6.07) is 2.10. The van der Waals surface area contributed by atoms with Gasteiger partial charge in [0.15, 0.2) is 0 Å². The number of halogens is 3. The van der Waals surface area contributed by atoms with Gasteiger partial charge in [-0.25, -0.2) is 9.97 Å². The van der Waals surface area contributed by atoms with Crippen LogP contribution in [0, 0.1) is 0 Å². The smallest absolute Gasteiger partial charge is 0.384 e. The van der Waals surface area contributed by atoms with Crippen LogP contribution in [0.4, 0.5) is 24.8 Å². The van der Waals surface area contributed by atoms with E-state index < -0.39 is 12.0 Å². The largest absolute Gasteiger partial charge is 0.451 e. The fourth-order valence-corrected chi connectivity index (χ4v) is 1.92. The molecule has 1 atom stereocenters. The maximum Gasteiger partial charge on any atom is 0.451 e. The first-order valence-electron chi connectivity index (χ1n) is 6.45. The van der Waals surface area contributed by atoms with Gasteiger partial charge in [-0.1, -0.05) is 0 Å². The maximum absolute atomic E-state index is 12.6. The minimum Gasteiger partial charge on any atom is -0.384 e. The highest BCUT2D eigenvalue weighted by Gasteiger charge is 2.35. The van der Waals surface area contributed by atoms with Crippen molar-refractivity contribution in [1.82, 2.24) is 14.9 Å². The molecule has 0 bridgehead atoms. The van der Waals surface area contributed by atoms with E-state index in [0.717, 1.165) is 0 Å². The molecule has 2 rings (SSSR count). The second-order valence-electron chi connectivity index (χ2n) is 5.13. The first kappa shape index (κ1) is 14.8. The van der Waals surface area contributed by atoms with E-state index in [9.17, 15) is 13.2 Å². The average molecular weight is 289 g/mol. The van der Waals surface area contributed by atoms with Gasteiger partial charge >= 0.3 is 6.18 Å². The highest BCUT2D eigenvalue weighted by molar-refractivity contribution is 5.45. The lowest BCUT2D eigenvalue weighted by atomic mass is 10.3. The fourth-order valence-electron chi connectivity index (χ4n) is 1.92. The average Bonchev–Trinajstić information content (AvgIpc) is 3.17. The van der Waals surface area contributed by atoms with Crippen LogP contribution >= 0.6 is 0 Å². The standard InChI is InChI=1S/C12H18F3N5/c1-7(20(2)8-3-4-8)6-17-10-5-9(16)18-11(19-10)12(13,14)15/h5,7-8H,3-4,6H2,1-2H3,(H3,16,17,18,19). The molecular weight excluding hydrogens is 271 g/mol. The lowest BCUT2D eigenvalue weighted by Crippen LogP contribution is -2.36. The van der Waals surface area contributed by atoms with Gasteiger partial charge in [-0.15, -0.1) is 0 Å². The van der Waals surface area contributed by atoms with Crippen molar-refractivity contribution in [3.05, 3.63) is 11.9 Å². The van der Waals surface area contributed by atoms with Crippen molar-refractivity contribution in [3.63, 3.8) is 0 Å². The molecule has 0 aromatic carbocycles. The molecule has 1 aromatic rings. The Balaban J connectivity index is 2.00. The predicted molar refractivity (Wildman–Crippen MR) is 70.2 cm³/mol. The molecule has 1 aromatic heterocycles. The summed E-state index contributed by atoms with van der Waals surface area (Å²) in [7, 11) is 2.01. The van der Waals surface area contributed by atoms with E-state index in [1.807, 2.05) is 14.0 Å². The van der Waals surface area contributed by atoms with Gasteiger partial charge < -0.3 is 11.1 Å². The van der Waals surface area contributed by atoms with Gasteiger partial charge in [0.25, 0.3) is 0 Å². The van der Waals surface area contributed by atoms with E-state index in [2.05, 4.69) is 20.2 Å². The Morgan fingerprint density at radius 1 is 1.45 bits per heavy atom. The molecule has 20 heavy (non-hydrogen) atoms. The third kappa shape index (κ3) is 3.72. The maximum atomic E-state index is 12.6. The Bertz CT molecular complexity index is 473. The Kier molecular flexibility index (Phi) is 4.03. The molecule has 8 heteroatoms. The number of alkyl halides is 3. The van der Waals surface area contributed by atoms with E-state index in [1.165, 1.54) is 18.9 Å². The summed E-state index contributed by atoms with van der Waals surface area (Å²) < 4.78 is 37.7. The Labute approximate surface area is 115 Å². The second kappa shape index (κ2) is 5.43. The van der Waals surface area contributed by atoms with Crippen molar-refractivity contribution in [2.75, 3.05) is 24.6 Å². The molecule has 0 aliphatic heterocycles. The highest BCUT2D eigenvalue weighted by atomic mass is 19.4. The van der Waals surface area contributed by atoms with Crippen LogP contribution in [0.15, 0.2) is 6.07 Å². The Hall–Kier alpha value is -1.57. The molecule has 0 amide bonds. The highest BCUT2D eigenvalue weighted by Crippen LogP contribution is 2.28. The summed E-state index contributed by atoms with van der Waals surface area (Å²) in [6.07, 6.45) is -2.23. The molecule has 0 saturated heterocycles. The van der Waals surface area contributed by atoms with Gasteiger partial charge in [0.05, 0.1) is 0 Å². The molecule has 3 N–H and O–H groups in total. The van der Waals surface area contributed by atoms with Crippen LogP contribution in [0.3, 0.4) is 0 Å². The number of hydrogen-bond donors (Lipinski definition) is 2. The number of anilines is 2. The van der Waals surface area contributed by atoms with Crippen LogP contribution < -0.4 is 11.1 Å². The monoisotopic (exact) mass is 289 g/mol. The van der Waals surface area contributed by atoms with Crippen LogP contribution in [0.2, 0.25) is 0 Å². The molecule has 1 heterocycles. The van der Waals surface area contributed by atoms with E-state index in [0.29, 0.717) is 12.6 Å². The Morgan fingerprint density at radius 2 is 2.10 bits per heavy atom. The number of rotatable bonds is 5. The van der Waals surface area contributed by atoms with Gasteiger partial charge in [-0.2, -0.15) is 13.2 Å². The molecule has 5 nitrogen and oxygen atoms in total. The van der Waals surface area contributed by atoms with Crippen LogP contribution in [0.1, 0.15) is 25.6 Å². The number of nitrogens with zero attached hydrogens (tertiary/aromatic N) is 3. The summed E-state index contributed by atoms with van der Waals surface area (Å²) in [4.78, 5) is 8.86. The van der Waals surface area contributed by atoms with E-state index in [1.54, 1.807) is 0 Å².